The summed E-state index contributed by atoms with van der Waals surface area (Å²) in [6, 6.07) is -0.558. The number of hydrogen-bond acceptors (Lipinski definition) is 5. The third kappa shape index (κ3) is 2.87. The van der Waals surface area contributed by atoms with Crippen LogP contribution in [-0.2, 0) is 19.1 Å². The molecule has 5 heteroatoms. The summed E-state index contributed by atoms with van der Waals surface area (Å²) in [4.78, 5) is 21.9. The lowest BCUT2D eigenvalue weighted by Crippen LogP contribution is -2.30. The molecule has 1 heterocycles. The summed E-state index contributed by atoms with van der Waals surface area (Å²) in [5, 5.41) is 2.72. The molecule has 0 aromatic rings. The van der Waals surface area contributed by atoms with Gasteiger partial charge in [0.05, 0.1) is 12.7 Å². The van der Waals surface area contributed by atoms with Crippen LogP contribution in [0.15, 0.2) is 12.3 Å². The van der Waals surface area contributed by atoms with Crippen LogP contribution in [0.5, 0.6) is 0 Å². The van der Waals surface area contributed by atoms with Crippen molar-refractivity contribution in [2.75, 3.05) is 6.73 Å². The van der Waals surface area contributed by atoms with E-state index in [2.05, 4.69) is 14.8 Å². The number of allylic oxidation sites excluding steroid dienone is 1. The Balaban J connectivity index is 2.31. The molecule has 1 saturated heterocycles. The zero-order valence-electron chi connectivity index (χ0n) is 7.28. The van der Waals surface area contributed by atoms with E-state index < -0.39 is 18.0 Å². The molecule has 0 spiro atoms. The average molecular weight is 185 g/mol. The van der Waals surface area contributed by atoms with Gasteiger partial charge in [-0.3, -0.25) is 14.9 Å². The summed E-state index contributed by atoms with van der Waals surface area (Å²) < 4.78 is 9.23. The maximum atomic E-state index is 11.0. The Labute approximate surface area is 75.7 Å². The first kappa shape index (κ1) is 9.73. The van der Waals surface area contributed by atoms with Crippen molar-refractivity contribution in [1.29, 1.82) is 0 Å². The van der Waals surface area contributed by atoms with E-state index in [-0.39, 0.29) is 13.2 Å². The quantitative estimate of drug-likeness (QED) is 0.492. The fourth-order valence-electron chi connectivity index (χ4n) is 0.912. The fraction of sp³-hybridized carbons (Fsp3) is 0.500. The summed E-state index contributed by atoms with van der Waals surface area (Å²) in [5.41, 5.74) is 0. The van der Waals surface area contributed by atoms with Gasteiger partial charge in [-0.1, -0.05) is 6.08 Å². The van der Waals surface area contributed by atoms with E-state index in [1.165, 1.54) is 6.26 Å². The van der Waals surface area contributed by atoms with Crippen LogP contribution in [0.2, 0.25) is 0 Å². The fourth-order valence-corrected chi connectivity index (χ4v) is 0.912. The van der Waals surface area contributed by atoms with E-state index in [9.17, 15) is 9.59 Å². The highest BCUT2D eigenvalue weighted by molar-refractivity contribution is 5.83. The SMILES string of the molecule is CC=COC(=O)C[C@H]1NCOC1=O. The molecule has 1 N–H and O–H groups in total. The van der Waals surface area contributed by atoms with Crippen LogP contribution in [0.3, 0.4) is 0 Å². The predicted molar refractivity (Wildman–Crippen MR) is 43.4 cm³/mol. The Morgan fingerprint density at radius 1 is 1.85 bits per heavy atom. The van der Waals surface area contributed by atoms with Crippen LogP contribution < -0.4 is 5.32 Å². The van der Waals surface area contributed by atoms with Gasteiger partial charge in [0.2, 0.25) is 0 Å². The van der Waals surface area contributed by atoms with Crippen molar-refractivity contribution >= 4 is 11.9 Å². The lowest BCUT2D eigenvalue weighted by molar-refractivity contribution is -0.144. The largest absolute Gasteiger partial charge is 0.449 e. The van der Waals surface area contributed by atoms with Gasteiger partial charge in [-0.25, -0.2) is 0 Å². The molecule has 0 bridgehead atoms. The van der Waals surface area contributed by atoms with Gasteiger partial charge in [-0.15, -0.1) is 0 Å². The Kier molecular flexibility index (Phi) is 3.45. The highest BCUT2D eigenvalue weighted by Gasteiger charge is 2.28. The van der Waals surface area contributed by atoms with Crippen LogP contribution in [0.1, 0.15) is 13.3 Å². The highest BCUT2D eigenvalue weighted by atomic mass is 16.6. The molecule has 1 atom stereocenters. The van der Waals surface area contributed by atoms with Gasteiger partial charge >= 0.3 is 11.9 Å². The van der Waals surface area contributed by atoms with Crippen molar-refractivity contribution in [3.05, 3.63) is 12.3 Å². The second kappa shape index (κ2) is 4.61. The van der Waals surface area contributed by atoms with Crippen molar-refractivity contribution in [3.8, 4) is 0 Å². The molecule has 0 saturated carbocycles. The lowest BCUT2D eigenvalue weighted by atomic mass is 10.2. The van der Waals surface area contributed by atoms with E-state index >= 15 is 0 Å². The number of nitrogens with one attached hydrogen (secondary N) is 1. The monoisotopic (exact) mass is 185 g/mol. The summed E-state index contributed by atoms with van der Waals surface area (Å²) in [6.45, 7) is 1.90. The van der Waals surface area contributed by atoms with E-state index in [1.54, 1.807) is 13.0 Å². The Morgan fingerprint density at radius 3 is 3.15 bits per heavy atom. The molecule has 72 valence electrons. The first-order valence-corrected chi connectivity index (χ1v) is 3.94. The Hall–Kier alpha value is -1.36. The van der Waals surface area contributed by atoms with E-state index in [0.717, 1.165) is 0 Å². The molecule has 5 nitrogen and oxygen atoms in total. The maximum Gasteiger partial charge on any atom is 0.325 e. The first-order valence-electron chi connectivity index (χ1n) is 3.94. The number of rotatable bonds is 3. The molecular weight excluding hydrogens is 174 g/mol. The molecular formula is C8H11NO4. The number of carbonyl (C=O) groups excluding carboxylic acids is 2. The van der Waals surface area contributed by atoms with Crippen LogP contribution >= 0.6 is 0 Å². The third-order valence-corrected chi connectivity index (χ3v) is 1.54. The number of ether oxygens (including phenoxy) is 2. The summed E-state index contributed by atoms with van der Waals surface area (Å²) >= 11 is 0. The van der Waals surface area contributed by atoms with Gasteiger partial charge in [0.25, 0.3) is 0 Å². The summed E-state index contributed by atoms with van der Waals surface area (Å²) in [7, 11) is 0. The number of hydrogen-bond donors (Lipinski definition) is 1. The zero-order valence-corrected chi connectivity index (χ0v) is 7.28. The Bertz CT molecular complexity index is 236. The third-order valence-electron chi connectivity index (χ3n) is 1.54. The van der Waals surface area contributed by atoms with Crippen molar-refractivity contribution in [2.24, 2.45) is 0 Å². The number of carbonyl (C=O) groups is 2. The molecule has 1 aliphatic heterocycles. The van der Waals surface area contributed by atoms with E-state index in [1.807, 2.05) is 0 Å². The van der Waals surface area contributed by atoms with E-state index in [4.69, 9.17) is 0 Å². The molecule has 0 amide bonds. The second-order valence-corrected chi connectivity index (χ2v) is 2.53. The van der Waals surface area contributed by atoms with Crippen LogP contribution in [0.4, 0.5) is 0 Å². The molecule has 0 aromatic carbocycles. The van der Waals surface area contributed by atoms with Crippen LogP contribution in [0.25, 0.3) is 0 Å². The molecule has 0 radical (unpaired) electrons. The minimum absolute atomic E-state index is 0.00315. The molecule has 13 heavy (non-hydrogen) atoms. The van der Waals surface area contributed by atoms with E-state index in [0.29, 0.717) is 0 Å². The van der Waals surface area contributed by atoms with Crippen LogP contribution in [-0.4, -0.2) is 24.7 Å². The van der Waals surface area contributed by atoms with Gasteiger partial charge in [-0.2, -0.15) is 0 Å². The summed E-state index contributed by atoms with van der Waals surface area (Å²) in [6.07, 6.45) is 2.88. The van der Waals surface area contributed by atoms with Crippen molar-refractivity contribution in [2.45, 2.75) is 19.4 Å². The van der Waals surface area contributed by atoms with Gasteiger partial charge < -0.3 is 9.47 Å². The smallest absolute Gasteiger partial charge is 0.325 e. The number of cyclic esters (lactones) is 1. The second-order valence-electron chi connectivity index (χ2n) is 2.53. The molecule has 1 rings (SSSR count). The molecule has 1 fully saturated rings. The topological polar surface area (TPSA) is 64.6 Å². The van der Waals surface area contributed by atoms with Crippen molar-refractivity contribution in [1.82, 2.24) is 5.32 Å². The van der Waals surface area contributed by atoms with Gasteiger partial charge in [-0.05, 0) is 6.92 Å². The zero-order chi connectivity index (χ0) is 9.68. The maximum absolute atomic E-state index is 11.0. The van der Waals surface area contributed by atoms with Crippen LogP contribution in [0, 0.1) is 0 Å². The highest BCUT2D eigenvalue weighted by Crippen LogP contribution is 2.03. The lowest BCUT2D eigenvalue weighted by Gasteiger charge is -2.02. The molecule has 1 aliphatic rings. The van der Waals surface area contributed by atoms with Crippen molar-refractivity contribution < 1.29 is 19.1 Å². The van der Waals surface area contributed by atoms with Gasteiger partial charge in [0.1, 0.15) is 12.8 Å². The first-order chi connectivity index (χ1) is 6.24. The number of esters is 2. The molecule has 0 unspecified atom stereocenters. The Morgan fingerprint density at radius 2 is 2.62 bits per heavy atom. The minimum atomic E-state index is -0.558. The minimum Gasteiger partial charge on any atom is -0.449 e. The standard InChI is InChI=1S/C8H11NO4/c1-2-3-12-7(10)4-6-8(11)13-5-9-6/h2-3,6,9H,4-5H2,1H3/t6-/m1/s1. The molecule has 0 aromatic heterocycles. The van der Waals surface area contributed by atoms with Gasteiger partial charge in [0.15, 0.2) is 0 Å². The van der Waals surface area contributed by atoms with Gasteiger partial charge in [0, 0.05) is 0 Å². The average Bonchev–Trinajstić information content (AvgIpc) is 2.48. The molecule has 0 aliphatic carbocycles. The predicted octanol–water partition coefficient (Wildman–Crippen LogP) is -0.0742. The normalized spacial score (nSPS) is 21.9. The summed E-state index contributed by atoms with van der Waals surface area (Å²) in [5.74, 6) is -0.855. The van der Waals surface area contributed by atoms with Crippen molar-refractivity contribution in [3.63, 3.8) is 0 Å².